The van der Waals surface area contributed by atoms with Crippen molar-refractivity contribution in [1.29, 1.82) is 0 Å². The molecule has 0 N–H and O–H groups in total. The van der Waals surface area contributed by atoms with E-state index in [2.05, 4.69) is 159 Å². The molecule has 8 aromatic rings. The van der Waals surface area contributed by atoms with Crippen molar-refractivity contribution in [3.63, 3.8) is 0 Å². The van der Waals surface area contributed by atoms with Crippen LogP contribution in [0, 0.1) is 6.92 Å². The molecule has 2 heterocycles. The van der Waals surface area contributed by atoms with E-state index in [4.69, 9.17) is 14.7 Å². The van der Waals surface area contributed by atoms with Gasteiger partial charge in [0.25, 0.3) is 0 Å². The second-order valence-corrected chi connectivity index (χ2v) is 13.3. The zero-order valence-corrected chi connectivity index (χ0v) is 28.0. The second kappa shape index (κ2) is 11.5. The zero-order valence-electron chi connectivity index (χ0n) is 28.0. The minimum Gasteiger partial charge on any atom is -0.457 e. The molecule has 1 aromatic heterocycles. The van der Waals surface area contributed by atoms with Crippen molar-refractivity contribution in [3.8, 4) is 67.7 Å². The monoisotopic (exact) mass is 652 g/mol. The van der Waals surface area contributed by atoms with E-state index in [1.807, 2.05) is 24.3 Å². The minimum absolute atomic E-state index is 0.493. The molecule has 1 aliphatic heterocycles. The van der Waals surface area contributed by atoms with Crippen LogP contribution in [0.1, 0.15) is 27.8 Å². The van der Waals surface area contributed by atoms with Crippen LogP contribution in [0.3, 0.4) is 0 Å². The van der Waals surface area contributed by atoms with Gasteiger partial charge in [0.15, 0.2) is 5.82 Å². The summed E-state index contributed by atoms with van der Waals surface area (Å²) in [6, 6.07) is 62.3. The Labute approximate surface area is 297 Å². The first-order valence-corrected chi connectivity index (χ1v) is 17.4. The van der Waals surface area contributed by atoms with Gasteiger partial charge >= 0.3 is 0 Å². The quantitative estimate of drug-likeness (QED) is 0.190. The van der Waals surface area contributed by atoms with Gasteiger partial charge in [-0.2, -0.15) is 0 Å². The van der Waals surface area contributed by atoms with Crippen molar-refractivity contribution >= 4 is 0 Å². The average Bonchev–Trinajstić information content (AvgIpc) is 3.49. The molecule has 0 unspecified atom stereocenters. The van der Waals surface area contributed by atoms with Gasteiger partial charge in [-0.05, 0) is 58.5 Å². The smallest absolute Gasteiger partial charge is 0.160 e. The molecule has 2 aliphatic rings. The molecule has 0 fully saturated rings. The van der Waals surface area contributed by atoms with Crippen LogP contribution in [0.2, 0.25) is 0 Å². The molecule has 10 rings (SSSR count). The lowest BCUT2D eigenvalue weighted by atomic mass is 9.66. The van der Waals surface area contributed by atoms with Crippen LogP contribution in [-0.2, 0) is 5.41 Å². The molecule has 7 aromatic carbocycles. The van der Waals surface area contributed by atoms with Crippen LogP contribution in [0.25, 0.3) is 56.2 Å². The molecule has 51 heavy (non-hydrogen) atoms. The first-order chi connectivity index (χ1) is 25.2. The number of aromatic nitrogens is 2. The Bertz CT molecular complexity index is 2560. The minimum atomic E-state index is -0.493. The maximum atomic E-state index is 6.54. The van der Waals surface area contributed by atoms with Crippen LogP contribution < -0.4 is 4.74 Å². The van der Waals surface area contributed by atoms with Gasteiger partial charge in [0.05, 0.1) is 16.8 Å². The fraction of sp³-hybridized carbons (Fsp3) is 0.0417. The number of hydrogen-bond acceptors (Lipinski definition) is 3. The van der Waals surface area contributed by atoms with E-state index in [1.54, 1.807) is 0 Å². The van der Waals surface area contributed by atoms with Crippen molar-refractivity contribution < 1.29 is 4.74 Å². The van der Waals surface area contributed by atoms with E-state index in [-0.39, 0.29) is 0 Å². The van der Waals surface area contributed by atoms with Crippen molar-refractivity contribution in [2.75, 3.05) is 0 Å². The SMILES string of the molecule is Cc1c(-c2ccccc2)nc(-c2ccccc2)nc1-c1ccc(-c2ccc3c(c2)C2(c4ccccc4Oc4ccccc42)c2ccccc2-3)cc1. The van der Waals surface area contributed by atoms with Gasteiger partial charge in [0, 0.05) is 33.4 Å². The summed E-state index contributed by atoms with van der Waals surface area (Å²) in [5.74, 6) is 2.52. The normalized spacial score (nSPS) is 13.1. The molecule has 3 heteroatoms. The highest BCUT2D eigenvalue weighted by Crippen LogP contribution is 2.62. The number of nitrogens with zero attached hydrogens (tertiary/aromatic N) is 2. The lowest BCUT2D eigenvalue weighted by Crippen LogP contribution is -2.32. The molecule has 0 saturated heterocycles. The Morgan fingerprint density at radius 1 is 0.392 bits per heavy atom. The lowest BCUT2D eigenvalue weighted by molar-refractivity contribution is 0.436. The largest absolute Gasteiger partial charge is 0.457 e. The summed E-state index contributed by atoms with van der Waals surface area (Å²) >= 11 is 0. The van der Waals surface area contributed by atoms with Crippen LogP contribution in [0.15, 0.2) is 176 Å². The van der Waals surface area contributed by atoms with Gasteiger partial charge in [0.1, 0.15) is 11.5 Å². The Morgan fingerprint density at radius 2 is 0.863 bits per heavy atom. The highest BCUT2D eigenvalue weighted by Gasteiger charge is 2.51. The molecule has 0 saturated carbocycles. The van der Waals surface area contributed by atoms with Gasteiger partial charge in [-0.1, -0.05) is 158 Å². The molecular formula is C48H32N2O. The van der Waals surface area contributed by atoms with Crippen LogP contribution in [0.5, 0.6) is 11.5 Å². The Balaban J connectivity index is 1.12. The zero-order chi connectivity index (χ0) is 33.9. The van der Waals surface area contributed by atoms with Gasteiger partial charge in [-0.15, -0.1) is 0 Å². The number of rotatable bonds is 4. The predicted molar refractivity (Wildman–Crippen MR) is 206 cm³/mol. The third-order valence-corrected chi connectivity index (χ3v) is 10.6. The highest BCUT2D eigenvalue weighted by molar-refractivity contribution is 5.90. The highest BCUT2D eigenvalue weighted by atomic mass is 16.5. The first kappa shape index (κ1) is 29.3. The molecule has 240 valence electrons. The summed E-state index contributed by atoms with van der Waals surface area (Å²) < 4.78 is 6.54. The summed E-state index contributed by atoms with van der Waals surface area (Å²) in [7, 11) is 0. The van der Waals surface area contributed by atoms with E-state index in [0.717, 1.165) is 56.5 Å². The van der Waals surface area contributed by atoms with Gasteiger partial charge in [0.2, 0.25) is 0 Å². The van der Waals surface area contributed by atoms with Crippen molar-refractivity contribution in [2.45, 2.75) is 12.3 Å². The van der Waals surface area contributed by atoms with Crippen molar-refractivity contribution in [1.82, 2.24) is 9.97 Å². The third kappa shape index (κ3) is 4.45. The number of para-hydroxylation sites is 2. The second-order valence-electron chi connectivity index (χ2n) is 13.3. The van der Waals surface area contributed by atoms with E-state index in [0.29, 0.717) is 0 Å². The fourth-order valence-electron chi connectivity index (χ4n) is 8.25. The van der Waals surface area contributed by atoms with Crippen LogP contribution in [0.4, 0.5) is 0 Å². The molecule has 0 amide bonds. The standard InChI is InChI=1S/C48H32N2O/c1-31-45(33-14-4-2-5-15-33)49-47(35-16-6-3-7-17-35)50-46(31)34-26-24-32(25-27-34)36-28-29-38-37-18-8-9-19-39(37)48(42(38)30-36)40-20-10-12-22-43(40)51-44-23-13-11-21-41(44)48/h2-30H,1H3. The number of ether oxygens (including phenoxy) is 1. The lowest BCUT2D eigenvalue weighted by Gasteiger charge is -2.39. The summed E-state index contributed by atoms with van der Waals surface area (Å²) in [6.07, 6.45) is 0. The van der Waals surface area contributed by atoms with Crippen LogP contribution in [-0.4, -0.2) is 9.97 Å². The fourth-order valence-corrected chi connectivity index (χ4v) is 8.25. The van der Waals surface area contributed by atoms with E-state index >= 15 is 0 Å². The predicted octanol–water partition coefficient (Wildman–Crippen LogP) is 11.9. The molecule has 1 aliphatic carbocycles. The maximum absolute atomic E-state index is 6.54. The van der Waals surface area contributed by atoms with Crippen molar-refractivity contribution in [2.24, 2.45) is 0 Å². The molecule has 3 nitrogen and oxygen atoms in total. The molecule has 0 radical (unpaired) electrons. The molecule has 1 spiro atoms. The van der Waals surface area contributed by atoms with Crippen molar-refractivity contribution in [3.05, 3.63) is 204 Å². The Hall–Kier alpha value is -6.58. The topological polar surface area (TPSA) is 35.0 Å². The molecular weight excluding hydrogens is 621 g/mol. The third-order valence-electron chi connectivity index (χ3n) is 10.6. The molecule has 0 atom stereocenters. The number of hydrogen-bond donors (Lipinski definition) is 0. The van der Waals surface area contributed by atoms with E-state index in [1.165, 1.54) is 38.9 Å². The Morgan fingerprint density at radius 3 is 1.51 bits per heavy atom. The van der Waals surface area contributed by atoms with Gasteiger partial charge in [-0.3, -0.25) is 0 Å². The summed E-state index contributed by atoms with van der Waals surface area (Å²) in [5, 5.41) is 0. The summed E-state index contributed by atoms with van der Waals surface area (Å²) in [4.78, 5) is 10.2. The number of fused-ring (bicyclic) bond motifs is 9. The van der Waals surface area contributed by atoms with Gasteiger partial charge in [-0.25, -0.2) is 9.97 Å². The van der Waals surface area contributed by atoms with E-state index in [9.17, 15) is 0 Å². The van der Waals surface area contributed by atoms with Crippen LogP contribution >= 0.6 is 0 Å². The molecule has 0 bridgehead atoms. The average molecular weight is 653 g/mol. The van der Waals surface area contributed by atoms with E-state index < -0.39 is 5.41 Å². The number of benzene rings is 7. The first-order valence-electron chi connectivity index (χ1n) is 17.4. The van der Waals surface area contributed by atoms with Gasteiger partial charge < -0.3 is 4.74 Å². The summed E-state index contributed by atoms with van der Waals surface area (Å²) in [5.41, 5.74) is 15.3. The Kier molecular flexibility index (Phi) is 6.62. The maximum Gasteiger partial charge on any atom is 0.160 e. The summed E-state index contributed by atoms with van der Waals surface area (Å²) in [6.45, 7) is 2.13.